The van der Waals surface area contributed by atoms with Gasteiger partial charge in [0.25, 0.3) is 5.91 Å². The van der Waals surface area contributed by atoms with Gasteiger partial charge in [-0.3, -0.25) is 9.10 Å². The van der Waals surface area contributed by atoms with E-state index < -0.39 is 10.0 Å². The number of benzene rings is 4. The average molecular weight is 563 g/mol. The lowest BCUT2D eigenvalue weighted by atomic mass is 10.1. The van der Waals surface area contributed by atoms with Crippen molar-refractivity contribution < 1.29 is 22.7 Å². The van der Waals surface area contributed by atoms with E-state index in [4.69, 9.17) is 9.47 Å². The number of para-hydroxylation sites is 3. The predicted molar refractivity (Wildman–Crippen MR) is 155 cm³/mol. The van der Waals surface area contributed by atoms with Crippen LogP contribution >= 0.6 is 11.8 Å². The van der Waals surface area contributed by atoms with Crippen LogP contribution in [0.15, 0.2) is 113 Å². The van der Waals surface area contributed by atoms with Crippen LogP contribution in [0.25, 0.3) is 0 Å². The maximum atomic E-state index is 12.8. The molecular formula is C30H30N2O5S2. The molecule has 0 heterocycles. The third-order valence-electron chi connectivity index (χ3n) is 5.76. The molecule has 0 fully saturated rings. The van der Waals surface area contributed by atoms with Gasteiger partial charge in [-0.1, -0.05) is 66.4 Å². The maximum absolute atomic E-state index is 12.8. The molecule has 39 heavy (non-hydrogen) atoms. The summed E-state index contributed by atoms with van der Waals surface area (Å²) in [5.74, 6) is 0.997. The second-order valence-corrected chi connectivity index (χ2v) is 11.6. The molecule has 0 aromatic heterocycles. The van der Waals surface area contributed by atoms with Gasteiger partial charge in [-0.05, 0) is 54.1 Å². The van der Waals surface area contributed by atoms with Gasteiger partial charge in [0.1, 0.15) is 6.61 Å². The lowest BCUT2D eigenvalue weighted by Crippen LogP contribution is -2.30. The predicted octanol–water partition coefficient (Wildman–Crippen LogP) is 5.62. The first-order valence-electron chi connectivity index (χ1n) is 12.3. The molecule has 4 aromatic rings. The first-order valence-corrected chi connectivity index (χ1v) is 14.9. The summed E-state index contributed by atoms with van der Waals surface area (Å²) in [5, 5.41) is 2.83. The van der Waals surface area contributed by atoms with Crippen LogP contribution in [0.5, 0.6) is 11.5 Å². The fraction of sp³-hybridized carbons (Fsp3) is 0.167. The van der Waals surface area contributed by atoms with Crippen molar-refractivity contribution >= 4 is 33.4 Å². The minimum absolute atomic E-state index is 0.139. The zero-order chi connectivity index (χ0) is 27.7. The smallest absolute Gasteiger partial charge is 0.251 e. The molecule has 0 spiro atoms. The van der Waals surface area contributed by atoms with E-state index in [0.717, 1.165) is 15.4 Å². The number of methoxy groups -OCH3 is 1. The van der Waals surface area contributed by atoms with Gasteiger partial charge < -0.3 is 14.8 Å². The van der Waals surface area contributed by atoms with Crippen LogP contribution in [0, 0.1) is 0 Å². The van der Waals surface area contributed by atoms with Gasteiger partial charge in [-0.15, -0.1) is 0 Å². The van der Waals surface area contributed by atoms with E-state index in [1.165, 1.54) is 22.3 Å². The Balaban J connectivity index is 1.40. The maximum Gasteiger partial charge on any atom is 0.251 e. The Morgan fingerprint density at radius 3 is 2.18 bits per heavy atom. The third-order valence-corrected chi connectivity index (χ3v) is 7.96. The van der Waals surface area contributed by atoms with Crippen molar-refractivity contribution in [2.75, 3.05) is 30.8 Å². The molecule has 4 aromatic carbocycles. The molecule has 0 saturated heterocycles. The van der Waals surface area contributed by atoms with Gasteiger partial charge in [0.2, 0.25) is 10.0 Å². The zero-order valence-electron chi connectivity index (χ0n) is 21.7. The average Bonchev–Trinajstić information content (AvgIpc) is 2.95. The Hall–Kier alpha value is -3.95. The summed E-state index contributed by atoms with van der Waals surface area (Å²) in [4.78, 5) is 14.5. The van der Waals surface area contributed by atoms with Crippen molar-refractivity contribution in [3.05, 3.63) is 114 Å². The number of anilines is 1. The first kappa shape index (κ1) is 28.1. The van der Waals surface area contributed by atoms with Crippen LogP contribution in [-0.4, -0.2) is 40.8 Å². The standard InChI is InChI=1S/C30H30N2O5S2/c1-36-27-13-7-8-14-28(27)37-21-20-31-30(33)24-18-16-23(17-19-24)22-32(39(2,34)35)26-12-6-9-15-29(26)38-25-10-4-3-5-11-25/h3-19H,20-22H2,1-2H3,(H,31,33). The zero-order valence-corrected chi connectivity index (χ0v) is 23.4. The molecule has 0 atom stereocenters. The highest BCUT2D eigenvalue weighted by Crippen LogP contribution is 2.36. The van der Waals surface area contributed by atoms with E-state index >= 15 is 0 Å². The van der Waals surface area contributed by atoms with Crippen molar-refractivity contribution in [2.24, 2.45) is 0 Å². The molecule has 4 rings (SSSR count). The van der Waals surface area contributed by atoms with E-state index in [-0.39, 0.29) is 19.1 Å². The van der Waals surface area contributed by atoms with E-state index in [0.29, 0.717) is 29.3 Å². The number of nitrogens with one attached hydrogen (secondary N) is 1. The second kappa shape index (κ2) is 13.2. The highest BCUT2D eigenvalue weighted by atomic mass is 32.2. The number of carbonyl (C=O) groups is 1. The summed E-state index contributed by atoms with van der Waals surface area (Å²) in [6, 6.07) is 31.5. The molecule has 0 aliphatic carbocycles. The van der Waals surface area contributed by atoms with Crippen LogP contribution in [0.4, 0.5) is 5.69 Å². The fourth-order valence-corrected chi connectivity index (χ4v) is 5.77. The SMILES string of the molecule is COc1ccccc1OCCNC(=O)c1ccc(CN(c2ccccc2Sc2ccccc2)S(C)(=O)=O)cc1. The van der Waals surface area contributed by atoms with E-state index in [1.807, 2.05) is 60.7 Å². The van der Waals surface area contributed by atoms with E-state index in [2.05, 4.69) is 5.32 Å². The summed E-state index contributed by atoms with van der Waals surface area (Å²) in [6.07, 6.45) is 1.20. The summed E-state index contributed by atoms with van der Waals surface area (Å²) in [5.41, 5.74) is 1.84. The first-order chi connectivity index (χ1) is 18.8. The van der Waals surface area contributed by atoms with Crippen molar-refractivity contribution in [2.45, 2.75) is 16.3 Å². The summed E-state index contributed by atoms with van der Waals surface area (Å²) in [7, 11) is -2.01. The Kier molecular flexibility index (Phi) is 9.51. The van der Waals surface area contributed by atoms with Crippen molar-refractivity contribution in [3.63, 3.8) is 0 Å². The van der Waals surface area contributed by atoms with Crippen LogP contribution in [0.2, 0.25) is 0 Å². The Morgan fingerprint density at radius 1 is 0.846 bits per heavy atom. The Bertz CT molecular complexity index is 1490. The lowest BCUT2D eigenvalue weighted by Gasteiger charge is -2.25. The van der Waals surface area contributed by atoms with Gasteiger partial charge in [-0.2, -0.15) is 0 Å². The number of amides is 1. The normalized spacial score (nSPS) is 11.0. The Morgan fingerprint density at radius 2 is 1.49 bits per heavy atom. The van der Waals surface area contributed by atoms with Gasteiger partial charge in [0, 0.05) is 15.4 Å². The molecule has 1 amide bonds. The molecule has 202 valence electrons. The molecule has 9 heteroatoms. The minimum atomic E-state index is -3.58. The lowest BCUT2D eigenvalue weighted by molar-refractivity contribution is 0.0947. The monoisotopic (exact) mass is 562 g/mol. The molecule has 0 aliphatic heterocycles. The molecule has 7 nitrogen and oxygen atoms in total. The van der Waals surface area contributed by atoms with Gasteiger partial charge in [-0.25, -0.2) is 8.42 Å². The number of hydrogen-bond acceptors (Lipinski definition) is 6. The number of hydrogen-bond donors (Lipinski definition) is 1. The fourth-order valence-electron chi connectivity index (χ4n) is 3.84. The van der Waals surface area contributed by atoms with Crippen molar-refractivity contribution in [1.29, 1.82) is 0 Å². The molecule has 1 N–H and O–H groups in total. The highest BCUT2D eigenvalue weighted by Gasteiger charge is 2.21. The topological polar surface area (TPSA) is 84.9 Å². The van der Waals surface area contributed by atoms with Crippen LogP contribution < -0.4 is 19.1 Å². The van der Waals surface area contributed by atoms with Crippen molar-refractivity contribution in [1.82, 2.24) is 5.32 Å². The Labute approximate surface area is 233 Å². The minimum Gasteiger partial charge on any atom is -0.493 e. The molecule has 0 radical (unpaired) electrons. The largest absolute Gasteiger partial charge is 0.493 e. The number of sulfonamides is 1. The molecule has 0 bridgehead atoms. The number of carbonyl (C=O) groups excluding carboxylic acids is 1. The number of nitrogens with zero attached hydrogens (tertiary/aromatic N) is 1. The highest BCUT2D eigenvalue weighted by molar-refractivity contribution is 7.99. The third kappa shape index (κ3) is 7.78. The van der Waals surface area contributed by atoms with Crippen LogP contribution in [0.1, 0.15) is 15.9 Å². The van der Waals surface area contributed by atoms with Crippen LogP contribution in [-0.2, 0) is 16.6 Å². The summed E-state index contributed by atoms with van der Waals surface area (Å²) >= 11 is 1.51. The molecule has 0 saturated carbocycles. The molecule has 0 unspecified atom stereocenters. The van der Waals surface area contributed by atoms with E-state index in [9.17, 15) is 13.2 Å². The van der Waals surface area contributed by atoms with Gasteiger partial charge >= 0.3 is 0 Å². The van der Waals surface area contributed by atoms with Crippen molar-refractivity contribution in [3.8, 4) is 11.5 Å². The molecular weight excluding hydrogens is 532 g/mol. The summed E-state index contributed by atoms with van der Waals surface area (Å²) < 4.78 is 38.0. The number of rotatable bonds is 12. The quantitative estimate of drug-likeness (QED) is 0.226. The van der Waals surface area contributed by atoms with Gasteiger partial charge in [0.05, 0.1) is 32.1 Å². The number of ether oxygens (including phenoxy) is 2. The second-order valence-electron chi connectivity index (χ2n) is 8.60. The van der Waals surface area contributed by atoms with E-state index in [1.54, 1.807) is 49.6 Å². The summed E-state index contributed by atoms with van der Waals surface area (Å²) in [6.45, 7) is 0.740. The van der Waals surface area contributed by atoms with Gasteiger partial charge in [0.15, 0.2) is 11.5 Å². The molecule has 0 aliphatic rings. The van der Waals surface area contributed by atoms with Crippen LogP contribution in [0.3, 0.4) is 0 Å².